The van der Waals surface area contributed by atoms with Gasteiger partial charge in [-0.1, -0.05) is 66.7 Å². The molecule has 1 nitrogen and oxygen atoms in total. The lowest BCUT2D eigenvalue weighted by atomic mass is 9.98. The topological polar surface area (TPSA) is 4.36 Å². The molecule has 0 aliphatic heterocycles. The fourth-order valence-electron chi connectivity index (χ4n) is 2.19. The average molecular weight is 229 g/mol. The summed E-state index contributed by atoms with van der Waals surface area (Å²) in [6.07, 6.45) is 0. The maximum absolute atomic E-state index is 6.97. The Kier molecular flexibility index (Phi) is 2.55. The lowest BCUT2D eigenvalue weighted by molar-refractivity contribution is 1.65. The summed E-state index contributed by atoms with van der Waals surface area (Å²) in [6.45, 7) is 6.97. The fourth-order valence-corrected chi connectivity index (χ4v) is 2.19. The predicted molar refractivity (Wildman–Crippen MR) is 75.6 cm³/mol. The molecule has 0 N–H and O–H groups in total. The zero-order valence-electron chi connectivity index (χ0n) is 9.80. The van der Waals surface area contributed by atoms with E-state index in [-0.39, 0.29) is 0 Å². The smallest absolute Gasteiger partial charge is 0.187 e. The normalized spacial score (nSPS) is 10.2. The van der Waals surface area contributed by atoms with Gasteiger partial charge in [0.1, 0.15) is 0 Å². The molecule has 0 unspecified atom stereocenters. The van der Waals surface area contributed by atoms with Gasteiger partial charge in [-0.3, -0.25) is 0 Å². The molecule has 0 saturated carbocycles. The second kappa shape index (κ2) is 4.35. The molecule has 0 amide bonds. The van der Waals surface area contributed by atoms with Crippen molar-refractivity contribution in [2.75, 3.05) is 0 Å². The van der Waals surface area contributed by atoms with Crippen LogP contribution in [0.4, 0.5) is 5.69 Å². The minimum absolute atomic E-state index is 0.680. The highest BCUT2D eigenvalue weighted by atomic mass is 14.6. The Labute approximate surface area is 106 Å². The molecule has 84 valence electrons. The summed E-state index contributed by atoms with van der Waals surface area (Å²) < 4.78 is 0. The van der Waals surface area contributed by atoms with E-state index in [9.17, 15) is 0 Å². The van der Waals surface area contributed by atoms with E-state index in [1.165, 1.54) is 16.3 Å². The molecule has 0 aliphatic carbocycles. The zero-order valence-corrected chi connectivity index (χ0v) is 9.80. The van der Waals surface area contributed by atoms with Crippen molar-refractivity contribution in [3.8, 4) is 11.1 Å². The van der Waals surface area contributed by atoms with Crippen LogP contribution in [0.15, 0.2) is 66.7 Å². The first-order valence-corrected chi connectivity index (χ1v) is 5.84. The van der Waals surface area contributed by atoms with Gasteiger partial charge in [0.25, 0.3) is 0 Å². The van der Waals surface area contributed by atoms with E-state index in [2.05, 4.69) is 41.2 Å². The highest BCUT2D eigenvalue weighted by Crippen LogP contribution is 2.29. The molecule has 18 heavy (non-hydrogen) atoms. The monoisotopic (exact) mass is 229 g/mol. The van der Waals surface area contributed by atoms with Crippen LogP contribution < -0.4 is 0 Å². The second-order valence-electron chi connectivity index (χ2n) is 4.19. The Morgan fingerprint density at radius 3 is 2.22 bits per heavy atom. The van der Waals surface area contributed by atoms with Crippen molar-refractivity contribution in [2.24, 2.45) is 0 Å². The minimum Gasteiger partial charge on any atom is -0.238 e. The van der Waals surface area contributed by atoms with Gasteiger partial charge in [-0.2, -0.15) is 0 Å². The molecule has 0 bridgehead atoms. The largest absolute Gasteiger partial charge is 0.238 e. The van der Waals surface area contributed by atoms with Crippen LogP contribution in [0, 0.1) is 6.57 Å². The van der Waals surface area contributed by atoms with Gasteiger partial charge in [0.15, 0.2) is 5.69 Å². The molecule has 3 aromatic rings. The molecule has 0 heterocycles. The van der Waals surface area contributed by atoms with Crippen LogP contribution in [0.5, 0.6) is 0 Å². The zero-order chi connectivity index (χ0) is 12.4. The van der Waals surface area contributed by atoms with Crippen LogP contribution in [0.3, 0.4) is 0 Å². The third-order valence-electron chi connectivity index (χ3n) is 3.10. The Morgan fingerprint density at radius 2 is 1.44 bits per heavy atom. The first-order chi connectivity index (χ1) is 8.88. The van der Waals surface area contributed by atoms with Crippen LogP contribution in [-0.2, 0) is 0 Å². The number of nitrogens with zero attached hydrogens (tertiary/aromatic N) is 1. The van der Waals surface area contributed by atoms with Crippen molar-refractivity contribution < 1.29 is 0 Å². The minimum atomic E-state index is 0.680. The summed E-state index contributed by atoms with van der Waals surface area (Å²) in [5, 5.41) is 2.49. The van der Waals surface area contributed by atoms with E-state index >= 15 is 0 Å². The Balaban J connectivity index is 2.22. The number of rotatable bonds is 1. The van der Waals surface area contributed by atoms with Crippen LogP contribution in [-0.4, -0.2) is 0 Å². The summed E-state index contributed by atoms with van der Waals surface area (Å²) in [4.78, 5) is 3.42. The van der Waals surface area contributed by atoms with Crippen LogP contribution in [0.25, 0.3) is 26.7 Å². The first kappa shape index (κ1) is 10.6. The standard InChI is InChI=1S/C17H11N/c1-18-15-11-9-14(10-12-15)17-8-4-6-13-5-2-3-7-16(13)17/h2-12H. The van der Waals surface area contributed by atoms with Crippen molar-refractivity contribution in [3.63, 3.8) is 0 Å². The van der Waals surface area contributed by atoms with Gasteiger partial charge < -0.3 is 0 Å². The molecule has 3 rings (SSSR count). The van der Waals surface area contributed by atoms with Crippen molar-refractivity contribution in [1.29, 1.82) is 0 Å². The molecule has 0 spiro atoms. The Morgan fingerprint density at radius 1 is 0.722 bits per heavy atom. The molecule has 3 aromatic carbocycles. The first-order valence-electron chi connectivity index (χ1n) is 5.84. The van der Waals surface area contributed by atoms with Gasteiger partial charge in [0.05, 0.1) is 6.57 Å². The van der Waals surface area contributed by atoms with E-state index in [1.54, 1.807) is 0 Å². The Bertz CT molecular complexity index is 728. The van der Waals surface area contributed by atoms with Crippen molar-refractivity contribution >= 4 is 16.5 Å². The lowest BCUT2D eigenvalue weighted by Crippen LogP contribution is -1.80. The fraction of sp³-hybridized carbons (Fsp3) is 0. The van der Waals surface area contributed by atoms with E-state index in [0.29, 0.717) is 5.69 Å². The molecule has 0 aliphatic rings. The van der Waals surface area contributed by atoms with E-state index < -0.39 is 0 Å². The van der Waals surface area contributed by atoms with Gasteiger partial charge in [0, 0.05) is 0 Å². The third-order valence-corrected chi connectivity index (χ3v) is 3.10. The van der Waals surface area contributed by atoms with E-state index in [1.807, 2.05) is 30.3 Å². The molecular formula is C17H11N. The van der Waals surface area contributed by atoms with Gasteiger partial charge in [-0.15, -0.1) is 0 Å². The van der Waals surface area contributed by atoms with Crippen LogP contribution in [0.1, 0.15) is 0 Å². The van der Waals surface area contributed by atoms with Gasteiger partial charge in [-0.05, 0) is 21.9 Å². The summed E-state index contributed by atoms with van der Waals surface area (Å²) in [7, 11) is 0. The average Bonchev–Trinajstić information content (AvgIpc) is 2.47. The lowest BCUT2D eigenvalue weighted by Gasteiger charge is -2.06. The molecular weight excluding hydrogens is 218 g/mol. The van der Waals surface area contributed by atoms with Gasteiger partial charge >= 0.3 is 0 Å². The van der Waals surface area contributed by atoms with Crippen LogP contribution in [0.2, 0.25) is 0 Å². The highest BCUT2D eigenvalue weighted by Gasteiger charge is 2.02. The van der Waals surface area contributed by atoms with Crippen molar-refractivity contribution in [1.82, 2.24) is 0 Å². The number of benzene rings is 3. The van der Waals surface area contributed by atoms with E-state index in [0.717, 1.165) is 5.56 Å². The van der Waals surface area contributed by atoms with Gasteiger partial charge in [0.2, 0.25) is 0 Å². The quantitative estimate of drug-likeness (QED) is 0.514. The molecule has 1 heteroatoms. The number of hydrogen-bond acceptors (Lipinski definition) is 0. The maximum atomic E-state index is 6.97. The molecule has 0 fully saturated rings. The summed E-state index contributed by atoms with van der Waals surface area (Å²) in [5.74, 6) is 0. The molecule has 0 atom stereocenters. The van der Waals surface area contributed by atoms with Crippen molar-refractivity contribution in [3.05, 3.63) is 78.1 Å². The SMILES string of the molecule is [C-]#[N+]c1ccc(-c2cccc3ccccc23)cc1. The van der Waals surface area contributed by atoms with E-state index in [4.69, 9.17) is 6.57 Å². The number of hydrogen-bond donors (Lipinski definition) is 0. The molecule has 0 saturated heterocycles. The number of fused-ring (bicyclic) bond motifs is 1. The maximum Gasteiger partial charge on any atom is 0.187 e. The summed E-state index contributed by atoms with van der Waals surface area (Å²) in [6, 6.07) is 22.4. The summed E-state index contributed by atoms with van der Waals surface area (Å²) in [5.41, 5.74) is 3.04. The highest BCUT2D eigenvalue weighted by molar-refractivity contribution is 5.96. The second-order valence-corrected chi connectivity index (χ2v) is 4.19. The summed E-state index contributed by atoms with van der Waals surface area (Å²) >= 11 is 0. The van der Waals surface area contributed by atoms with Crippen molar-refractivity contribution in [2.45, 2.75) is 0 Å². The van der Waals surface area contributed by atoms with Gasteiger partial charge in [-0.25, -0.2) is 4.85 Å². The third kappa shape index (κ3) is 1.74. The predicted octanol–water partition coefficient (Wildman–Crippen LogP) is 5.06. The molecule has 0 radical (unpaired) electrons. The Hall–Kier alpha value is -2.59. The van der Waals surface area contributed by atoms with Crippen LogP contribution >= 0.6 is 0 Å². The molecule has 0 aromatic heterocycles.